The standard InChI is InChI=1S/C18H16N4O2/c1-22(2)16(24)18-12-9-13(18)11-14(18)10(12)17(9,11)15(23)21-8-6-20-4-3-7(8)5-19/h3-4,6,9-14H,1-2H3,(H,21,23). The summed E-state index contributed by atoms with van der Waals surface area (Å²) in [5.41, 5.74) is 0.599. The Kier molecular flexibility index (Phi) is 1.80. The molecule has 0 aliphatic heterocycles. The van der Waals surface area contributed by atoms with Crippen LogP contribution in [0.25, 0.3) is 0 Å². The van der Waals surface area contributed by atoms with Crippen LogP contribution in [-0.2, 0) is 9.59 Å². The maximum Gasteiger partial charge on any atom is 0.231 e. The van der Waals surface area contributed by atoms with E-state index in [1.165, 1.54) is 6.20 Å². The van der Waals surface area contributed by atoms with Crippen LogP contribution >= 0.6 is 0 Å². The summed E-state index contributed by atoms with van der Waals surface area (Å²) in [5, 5.41) is 12.1. The molecule has 6 saturated carbocycles. The first-order valence-corrected chi connectivity index (χ1v) is 8.41. The lowest BCUT2D eigenvalue weighted by molar-refractivity contribution is -0.624. The lowest BCUT2D eigenvalue weighted by Gasteiger charge is -3.09. The van der Waals surface area contributed by atoms with Gasteiger partial charge in [0.25, 0.3) is 0 Å². The smallest absolute Gasteiger partial charge is 0.231 e. The van der Waals surface area contributed by atoms with Gasteiger partial charge in [0, 0.05) is 20.3 Å². The van der Waals surface area contributed by atoms with Crippen LogP contribution in [0.2, 0.25) is 0 Å². The molecule has 1 aromatic rings. The van der Waals surface area contributed by atoms with Crippen molar-refractivity contribution in [3.05, 3.63) is 24.0 Å². The molecule has 2 amide bonds. The van der Waals surface area contributed by atoms with Crippen LogP contribution in [0.4, 0.5) is 5.69 Å². The molecule has 7 rings (SSSR count). The van der Waals surface area contributed by atoms with Crippen LogP contribution in [0.1, 0.15) is 5.56 Å². The Bertz CT molecular complexity index is 845. The highest BCUT2D eigenvalue weighted by Crippen LogP contribution is 3.10. The van der Waals surface area contributed by atoms with Crippen molar-refractivity contribution in [3.8, 4) is 6.07 Å². The van der Waals surface area contributed by atoms with E-state index in [-0.39, 0.29) is 22.6 Å². The van der Waals surface area contributed by atoms with Gasteiger partial charge in [0.2, 0.25) is 11.8 Å². The number of nitriles is 1. The highest BCUT2D eigenvalue weighted by Gasteiger charge is 3.12. The Morgan fingerprint density at radius 2 is 1.75 bits per heavy atom. The number of carbonyl (C=O) groups excluding carboxylic acids is 2. The van der Waals surface area contributed by atoms with Crippen LogP contribution in [0, 0.1) is 57.7 Å². The third-order valence-electron chi connectivity index (χ3n) is 7.99. The minimum atomic E-state index is -0.239. The second-order valence-corrected chi connectivity index (χ2v) is 8.21. The lowest BCUT2D eigenvalue weighted by atomic mass is 8.92. The second-order valence-electron chi connectivity index (χ2n) is 8.21. The zero-order valence-corrected chi connectivity index (χ0v) is 13.4. The van der Waals surface area contributed by atoms with Gasteiger partial charge in [-0.05, 0) is 41.6 Å². The van der Waals surface area contributed by atoms with Crippen molar-refractivity contribution < 1.29 is 9.59 Å². The molecule has 6 heteroatoms. The lowest BCUT2D eigenvalue weighted by Crippen LogP contribution is -3.12. The molecule has 0 unspecified atom stereocenters. The van der Waals surface area contributed by atoms with E-state index >= 15 is 0 Å². The summed E-state index contributed by atoms with van der Waals surface area (Å²) in [6.45, 7) is 0. The average Bonchev–Trinajstić information content (AvgIpc) is 2.60. The Morgan fingerprint density at radius 1 is 1.17 bits per heavy atom. The molecule has 1 heterocycles. The van der Waals surface area contributed by atoms with Gasteiger partial charge in [-0.2, -0.15) is 5.26 Å². The van der Waals surface area contributed by atoms with Crippen molar-refractivity contribution in [2.24, 2.45) is 46.3 Å². The molecule has 0 spiro atoms. The van der Waals surface area contributed by atoms with Crippen LogP contribution < -0.4 is 5.32 Å². The minimum absolute atomic E-state index is 0.0429. The fourth-order valence-corrected chi connectivity index (χ4v) is 7.62. The number of anilines is 1. The van der Waals surface area contributed by atoms with E-state index in [0.717, 1.165) is 0 Å². The molecular formula is C18H16N4O2. The molecule has 0 atom stereocenters. The molecule has 6 nitrogen and oxygen atoms in total. The van der Waals surface area contributed by atoms with Crippen LogP contribution in [0.15, 0.2) is 18.5 Å². The first-order valence-electron chi connectivity index (χ1n) is 8.41. The number of rotatable bonds is 3. The highest BCUT2D eigenvalue weighted by atomic mass is 16.2. The third-order valence-corrected chi connectivity index (χ3v) is 7.99. The summed E-state index contributed by atoms with van der Waals surface area (Å²) in [6, 6.07) is 3.70. The van der Waals surface area contributed by atoms with E-state index in [9.17, 15) is 9.59 Å². The van der Waals surface area contributed by atoms with Crippen molar-refractivity contribution in [1.29, 1.82) is 5.26 Å². The maximum absolute atomic E-state index is 12.9. The molecule has 1 aromatic heterocycles. The summed E-state index contributed by atoms with van der Waals surface area (Å²) in [4.78, 5) is 31.2. The van der Waals surface area contributed by atoms with E-state index < -0.39 is 0 Å². The number of aromatic nitrogens is 1. The fraction of sp³-hybridized carbons (Fsp3) is 0.556. The summed E-state index contributed by atoms with van der Waals surface area (Å²) in [5.74, 6) is 2.80. The topological polar surface area (TPSA) is 86.1 Å². The molecule has 0 aromatic carbocycles. The van der Waals surface area contributed by atoms with E-state index in [0.29, 0.717) is 46.8 Å². The molecule has 24 heavy (non-hydrogen) atoms. The fourth-order valence-electron chi connectivity index (χ4n) is 7.62. The van der Waals surface area contributed by atoms with Crippen LogP contribution in [0.5, 0.6) is 0 Å². The average molecular weight is 320 g/mol. The minimum Gasteiger partial charge on any atom is -0.348 e. The second kappa shape index (κ2) is 3.34. The predicted molar refractivity (Wildman–Crippen MR) is 82.1 cm³/mol. The van der Waals surface area contributed by atoms with Crippen LogP contribution in [0.3, 0.4) is 0 Å². The molecule has 6 fully saturated rings. The number of hydrogen-bond donors (Lipinski definition) is 1. The van der Waals surface area contributed by atoms with Crippen molar-refractivity contribution >= 4 is 17.5 Å². The largest absolute Gasteiger partial charge is 0.348 e. The molecule has 1 N–H and O–H groups in total. The first kappa shape index (κ1) is 12.9. The van der Waals surface area contributed by atoms with Gasteiger partial charge in [-0.25, -0.2) is 0 Å². The molecule has 0 radical (unpaired) electrons. The SMILES string of the molecule is CN(C)C(=O)C12C3C4C1C1C2C3C41C(=O)Nc1cnccc1C#N. The number of pyridine rings is 1. The third kappa shape index (κ3) is 0.824. The van der Waals surface area contributed by atoms with Crippen molar-refractivity contribution in [2.45, 2.75) is 0 Å². The monoisotopic (exact) mass is 320 g/mol. The number of hydrogen-bond acceptors (Lipinski definition) is 4. The van der Waals surface area contributed by atoms with E-state index in [4.69, 9.17) is 5.26 Å². The first-order chi connectivity index (χ1) is 11.5. The summed E-state index contributed by atoms with van der Waals surface area (Å²) >= 11 is 0. The van der Waals surface area contributed by atoms with Gasteiger partial charge in [-0.15, -0.1) is 0 Å². The maximum atomic E-state index is 12.9. The number of nitrogens with one attached hydrogen (secondary N) is 1. The van der Waals surface area contributed by atoms with E-state index in [1.54, 1.807) is 17.2 Å². The zero-order valence-electron chi connectivity index (χ0n) is 13.4. The number of carbonyl (C=O) groups is 2. The molecule has 6 aliphatic carbocycles. The van der Waals surface area contributed by atoms with Gasteiger partial charge < -0.3 is 10.2 Å². The molecule has 0 bridgehead atoms. The van der Waals surface area contributed by atoms with Crippen molar-refractivity contribution in [2.75, 3.05) is 19.4 Å². The summed E-state index contributed by atoms with van der Waals surface area (Å²) in [7, 11) is 3.66. The van der Waals surface area contributed by atoms with Gasteiger partial charge in [0.15, 0.2) is 0 Å². The number of nitrogens with zero attached hydrogens (tertiary/aromatic N) is 3. The molecule has 6 aliphatic rings. The normalized spacial score (nSPS) is 49.0. The van der Waals surface area contributed by atoms with Gasteiger partial charge >= 0.3 is 0 Å². The Labute approximate surface area is 138 Å². The zero-order chi connectivity index (χ0) is 16.6. The van der Waals surface area contributed by atoms with Gasteiger partial charge in [-0.3, -0.25) is 14.6 Å². The van der Waals surface area contributed by atoms with Crippen LogP contribution in [-0.4, -0.2) is 35.8 Å². The summed E-state index contributed by atoms with van der Waals surface area (Å²) in [6.07, 6.45) is 3.09. The Morgan fingerprint density at radius 3 is 2.29 bits per heavy atom. The molecular weight excluding hydrogens is 304 g/mol. The van der Waals surface area contributed by atoms with Gasteiger partial charge in [0.1, 0.15) is 6.07 Å². The van der Waals surface area contributed by atoms with Gasteiger partial charge in [0.05, 0.1) is 28.3 Å². The van der Waals surface area contributed by atoms with E-state index in [1.807, 2.05) is 14.1 Å². The highest BCUT2D eigenvalue weighted by molar-refractivity contribution is 6.05. The predicted octanol–water partition coefficient (Wildman–Crippen LogP) is 0.718. The van der Waals surface area contributed by atoms with Crippen molar-refractivity contribution in [3.63, 3.8) is 0 Å². The van der Waals surface area contributed by atoms with Gasteiger partial charge in [-0.1, -0.05) is 0 Å². The number of amides is 2. The quantitative estimate of drug-likeness (QED) is 0.889. The van der Waals surface area contributed by atoms with E-state index in [2.05, 4.69) is 16.4 Å². The van der Waals surface area contributed by atoms with Crippen molar-refractivity contribution in [1.82, 2.24) is 9.88 Å². The molecule has 0 saturated heterocycles. The Balaban J connectivity index is 1.27. The molecule has 120 valence electrons. The summed E-state index contributed by atoms with van der Waals surface area (Å²) < 4.78 is 0. The Hall–Kier alpha value is -2.42.